The molecule has 6 heteroatoms. The number of nitrogens with zero attached hydrogens (tertiary/aromatic N) is 2. The molecule has 20 heavy (non-hydrogen) atoms. The van der Waals surface area contributed by atoms with Crippen molar-refractivity contribution in [2.45, 2.75) is 13.5 Å². The molecule has 0 radical (unpaired) electrons. The predicted molar refractivity (Wildman–Crippen MR) is 85.5 cm³/mol. The molecule has 2 aromatic heterocycles. The van der Waals surface area contributed by atoms with Gasteiger partial charge in [-0.1, -0.05) is 12.1 Å². The first-order valence-corrected chi connectivity index (χ1v) is 7.77. The number of fused-ring (bicyclic) bond motifs is 1. The zero-order chi connectivity index (χ0) is 14.1. The second kappa shape index (κ2) is 5.38. The first kappa shape index (κ1) is 13.3. The molecule has 0 aliphatic rings. The topological polar surface area (TPSA) is 46.4 Å². The number of thiazole rings is 1. The Kier molecular flexibility index (Phi) is 3.58. The Balaban J connectivity index is 1.89. The Morgan fingerprint density at radius 1 is 1.40 bits per heavy atom. The predicted octanol–water partition coefficient (Wildman–Crippen LogP) is 3.44. The largest absolute Gasteiger partial charge is 0.378 e. The molecule has 0 saturated heterocycles. The van der Waals surface area contributed by atoms with Crippen LogP contribution in [0, 0.1) is 6.92 Å². The molecule has 3 rings (SSSR count). The van der Waals surface area contributed by atoms with E-state index in [-0.39, 0.29) is 5.56 Å². The fourth-order valence-corrected chi connectivity index (χ4v) is 3.30. The van der Waals surface area contributed by atoms with Crippen LogP contribution in [0.15, 0.2) is 45.0 Å². The van der Waals surface area contributed by atoms with Crippen molar-refractivity contribution in [1.82, 2.24) is 9.38 Å². The van der Waals surface area contributed by atoms with Crippen LogP contribution >= 0.6 is 27.3 Å². The summed E-state index contributed by atoms with van der Waals surface area (Å²) in [6.45, 7) is 2.43. The summed E-state index contributed by atoms with van der Waals surface area (Å²) in [5.74, 6) is 0. The summed E-state index contributed by atoms with van der Waals surface area (Å²) in [7, 11) is 0. The smallest absolute Gasteiger partial charge is 0.259 e. The third kappa shape index (κ3) is 2.48. The zero-order valence-corrected chi connectivity index (χ0v) is 13.2. The summed E-state index contributed by atoms with van der Waals surface area (Å²) in [6.07, 6.45) is 0. The van der Waals surface area contributed by atoms with Crippen LogP contribution < -0.4 is 10.9 Å². The molecule has 4 nitrogen and oxygen atoms in total. The van der Waals surface area contributed by atoms with E-state index in [1.807, 2.05) is 36.6 Å². The van der Waals surface area contributed by atoms with E-state index in [1.165, 1.54) is 11.3 Å². The Morgan fingerprint density at radius 3 is 3.00 bits per heavy atom. The lowest BCUT2D eigenvalue weighted by Gasteiger charge is -2.07. The van der Waals surface area contributed by atoms with Crippen LogP contribution in [-0.2, 0) is 6.54 Å². The van der Waals surface area contributed by atoms with Crippen LogP contribution in [-0.4, -0.2) is 9.38 Å². The third-order valence-electron chi connectivity index (χ3n) is 2.96. The van der Waals surface area contributed by atoms with E-state index >= 15 is 0 Å². The van der Waals surface area contributed by atoms with Gasteiger partial charge in [-0.3, -0.25) is 9.20 Å². The average Bonchev–Trinajstić information content (AvgIpc) is 2.80. The fourth-order valence-electron chi connectivity index (χ4n) is 1.98. The number of aromatic nitrogens is 2. The molecule has 0 amide bonds. The molecule has 1 aromatic carbocycles. The Labute approximate surface area is 128 Å². The molecule has 2 heterocycles. The van der Waals surface area contributed by atoms with Gasteiger partial charge in [0.25, 0.3) is 5.56 Å². The number of halogens is 1. The maximum absolute atomic E-state index is 12.1. The van der Waals surface area contributed by atoms with Crippen molar-refractivity contribution in [1.29, 1.82) is 0 Å². The van der Waals surface area contributed by atoms with Gasteiger partial charge in [0.05, 0.1) is 12.2 Å². The van der Waals surface area contributed by atoms with Gasteiger partial charge < -0.3 is 5.32 Å². The second-order valence-corrected chi connectivity index (χ2v) is 6.11. The van der Waals surface area contributed by atoms with Crippen LogP contribution in [0.3, 0.4) is 0 Å². The van der Waals surface area contributed by atoms with Gasteiger partial charge in [-0.05, 0) is 35.0 Å². The van der Waals surface area contributed by atoms with Crippen molar-refractivity contribution in [3.63, 3.8) is 0 Å². The number of rotatable bonds is 3. The summed E-state index contributed by atoms with van der Waals surface area (Å²) in [4.78, 5) is 17.3. The standard InChI is InChI=1S/C14H12BrN3OS/c1-9-8-20-14-17-10(6-13(19)18(9)14)7-16-12-5-3-2-4-11(12)15/h2-6,8,16H,7H2,1H3. The molecule has 0 saturated carbocycles. The number of para-hydroxylation sites is 1. The van der Waals surface area contributed by atoms with E-state index in [9.17, 15) is 4.79 Å². The van der Waals surface area contributed by atoms with Gasteiger partial charge in [0, 0.05) is 27.3 Å². The molecule has 0 bridgehead atoms. The lowest BCUT2D eigenvalue weighted by Crippen LogP contribution is -2.16. The highest BCUT2D eigenvalue weighted by atomic mass is 79.9. The second-order valence-electron chi connectivity index (χ2n) is 4.41. The number of anilines is 1. The van der Waals surface area contributed by atoms with Crippen LogP contribution in [0.25, 0.3) is 4.96 Å². The number of hydrogen-bond acceptors (Lipinski definition) is 4. The molecule has 0 atom stereocenters. The van der Waals surface area contributed by atoms with Crippen molar-refractivity contribution in [3.05, 3.63) is 61.9 Å². The highest BCUT2D eigenvalue weighted by Gasteiger charge is 2.06. The number of hydrogen-bond donors (Lipinski definition) is 1. The van der Waals surface area contributed by atoms with Crippen LogP contribution in [0.4, 0.5) is 5.69 Å². The minimum atomic E-state index is -0.0299. The molecule has 0 fully saturated rings. The number of aryl methyl sites for hydroxylation is 1. The van der Waals surface area contributed by atoms with Gasteiger partial charge >= 0.3 is 0 Å². The van der Waals surface area contributed by atoms with E-state index in [0.29, 0.717) is 6.54 Å². The molecule has 102 valence electrons. The highest BCUT2D eigenvalue weighted by molar-refractivity contribution is 9.10. The van der Waals surface area contributed by atoms with Crippen molar-refractivity contribution >= 4 is 37.9 Å². The number of benzene rings is 1. The van der Waals surface area contributed by atoms with E-state index in [4.69, 9.17) is 0 Å². The maximum atomic E-state index is 12.1. The monoisotopic (exact) mass is 349 g/mol. The molecule has 0 unspecified atom stereocenters. The normalized spacial score (nSPS) is 10.9. The van der Waals surface area contributed by atoms with Gasteiger partial charge in [-0.25, -0.2) is 4.98 Å². The summed E-state index contributed by atoms with van der Waals surface area (Å²) >= 11 is 4.96. The van der Waals surface area contributed by atoms with Crippen molar-refractivity contribution in [2.75, 3.05) is 5.32 Å². The van der Waals surface area contributed by atoms with Gasteiger partial charge in [0.2, 0.25) is 0 Å². The summed E-state index contributed by atoms with van der Waals surface area (Å²) in [6, 6.07) is 9.44. The van der Waals surface area contributed by atoms with Crippen LogP contribution in [0.5, 0.6) is 0 Å². The molecule has 0 spiro atoms. The van der Waals surface area contributed by atoms with Crippen LogP contribution in [0.1, 0.15) is 11.4 Å². The Bertz CT molecular complexity index is 825. The van der Waals surface area contributed by atoms with Crippen molar-refractivity contribution in [3.8, 4) is 0 Å². The summed E-state index contributed by atoms with van der Waals surface area (Å²) < 4.78 is 2.62. The lowest BCUT2D eigenvalue weighted by atomic mass is 10.3. The maximum Gasteiger partial charge on any atom is 0.259 e. The fraction of sp³-hybridized carbons (Fsp3) is 0.143. The molecular weight excluding hydrogens is 338 g/mol. The first-order chi connectivity index (χ1) is 9.65. The van der Waals surface area contributed by atoms with Crippen molar-refractivity contribution in [2.24, 2.45) is 0 Å². The minimum Gasteiger partial charge on any atom is -0.378 e. The highest BCUT2D eigenvalue weighted by Crippen LogP contribution is 2.21. The zero-order valence-electron chi connectivity index (χ0n) is 10.8. The van der Waals surface area contributed by atoms with E-state index in [2.05, 4.69) is 26.2 Å². The summed E-state index contributed by atoms with van der Waals surface area (Å²) in [5.41, 5.74) is 2.62. The third-order valence-corrected chi connectivity index (χ3v) is 4.60. The molecule has 3 aromatic rings. The SMILES string of the molecule is Cc1csc2nc(CNc3ccccc3Br)cc(=O)n12. The minimum absolute atomic E-state index is 0.0299. The Hall–Kier alpha value is -1.66. The number of nitrogens with one attached hydrogen (secondary N) is 1. The van der Waals surface area contributed by atoms with Gasteiger partial charge in [-0.15, -0.1) is 11.3 Å². The van der Waals surface area contributed by atoms with Crippen LogP contribution in [0.2, 0.25) is 0 Å². The van der Waals surface area contributed by atoms with E-state index in [1.54, 1.807) is 10.5 Å². The molecule has 1 N–H and O–H groups in total. The van der Waals surface area contributed by atoms with E-state index < -0.39 is 0 Å². The Morgan fingerprint density at radius 2 is 2.20 bits per heavy atom. The average molecular weight is 350 g/mol. The first-order valence-electron chi connectivity index (χ1n) is 6.10. The van der Waals surface area contributed by atoms with E-state index in [0.717, 1.165) is 26.5 Å². The quantitative estimate of drug-likeness (QED) is 0.787. The molecular formula is C14H12BrN3OS. The van der Waals surface area contributed by atoms with Crippen molar-refractivity contribution < 1.29 is 0 Å². The van der Waals surface area contributed by atoms with Gasteiger partial charge in [0.1, 0.15) is 0 Å². The molecule has 0 aliphatic heterocycles. The van der Waals surface area contributed by atoms with Gasteiger partial charge in [0.15, 0.2) is 4.96 Å². The lowest BCUT2D eigenvalue weighted by molar-refractivity contribution is 0.965. The summed E-state index contributed by atoms with van der Waals surface area (Å²) in [5, 5.41) is 5.21. The molecule has 0 aliphatic carbocycles. The van der Waals surface area contributed by atoms with Gasteiger partial charge in [-0.2, -0.15) is 0 Å².